The maximum absolute atomic E-state index is 12.6. The number of ether oxygens (including phenoxy) is 1. The molecule has 7 nitrogen and oxygen atoms in total. The molecule has 4 rings (SSSR count). The summed E-state index contributed by atoms with van der Waals surface area (Å²) in [6.45, 7) is 2.00. The molecule has 160 valence electrons. The Hall–Kier alpha value is -3.91. The Morgan fingerprint density at radius 2 is 1.56 bits per heavy atom. The molecule has 1 N–H and O–H groups in total. The van der Waals surface area contributed by atoms with Crippen molar-refractivity contribution in [2.45, 2.75) is 12.1 Å². The molecule has 1 aromatic heterocycles. The van der Waals surface area contributed by atoms with Crippen LogP contribution in [0.15, 0.2) is 101 Å². The normalized spacial score (nSPS) is 11.2. The van der Waals surface area contributed by atoms with Gasteiger partial charge in [-0.3, -0.25) is 9.99 Å². The van der Waals surface area contributed by atoms with Gasteiger partial charge in [-0.05, 0) is 43.0 Å². The average molecular weight is 444 g/mol. The summed E-state index contributed by atoms with van der Waals surface area (Å²) in [7, 11) is 0. The van der Waals surface area contributed by atoms with Gasteiger partial charge in [0.25, 0.3) is 0 Å². The van der Waals surface area contributed by atoms with Crippen molar-refractivity contribution in [1.82, 2.24) is 14.8 Å². The van der Waals surface area contributed by atoms with Gasteiger partial charge in [-0.1, -0.05) is 66.7 Å². The Morgan fingerprint density at radius 3 is 2.22 bits per heavy atom. The molecule has 0 spiro atoms. The number of nitrogens with one attached hydrogen (secondary N) is 1. The van der Waals surface area contributed by atoms with Gasteiger partial charge in [-0.2, -0.15) is 5.10 Å². The zero-order chi connectivity index (χ0) is 22.2. The number of para-hydroxylation sites is 2. The number of benzene rings is 3. The number of esters is 1. The monoisotopic (exact) mass is 443 g/mol. The molecule has 0 fully saturated rings. The van der Waals surface area contributed by atoms with Crippen molar-refractivity contribution in [2.75, 3.05) is 12.0 Å². The van der Waals surface area contributed by atoms with Gasteiger partial charge >= 0.3 is 5.97 Å². The van der Waals surface area contributed by atoms with Crippen molar-refractivity contribution in [3.05, 3.63) is 91.0 Å². The van der Waals surface area contributed by atoms with Crippen LogP contribution in [0.5, 0.6) is 0 Å². The van der Waals surface area contributed by atoms with E-state index in [1.54, 1.807) is 6.92 Å². The highest BCUT2D eigenvalue weighted by Gasteiger charge is 2.22. The number of hydrazone groups is 1. The van der Waals surface area contributed by atoms with Gasteiger partial charge in [0.2, 0.25) is 10.2 Å². The molecule has 0 aliphatic rings. The van der Waals surface area contributed by atoms with Gasteiger partial charge < -0.3 is 4.74 Å². The third-order valence-corrected chi connectivity index (χ3v) is 5.28. The van der Waals surface area contributed by atoms with Crippen LogP contribution in [0.2, 0.25) is 0 Å². The van der Waals surface area contributed by atoms with E-state index in [1.165, 1.54) is 0 Å². The number of rotatable bonds is 6. The number of aromatic nitrogens is 3. The molecule has 1 heterocycles. The van der Waals surface area contributed by atoms with Crippen LogP contribution in [0.1, 0.15) is 6.92 Å². The Bertz CT molecular complexity index is 1200. The van der Waals surface area contributed by atoms with E-state index in [2.05, 4.69) is 20.7 Å². The van der Waals surface area contributed by atoms with E-state index in [9.17, 15) is 4.79 Å². The molecule has 0 radical (unpaired) electrons. The second kappa shape index (κ2) is 10.4. The highest BCUT2D eigenvalue weighted by atomic mass is 32.2. The summed E-state index contributed by atoms with van der Waals surface area (Å²) >= 11 is 1.10. The minimum absolute atomic E-state index is 0.125. The van der Waals surface area contributed by atoms with Crippen LogP contribution in [-0.4, -0.2) is 32.4 Å². The molecule has 0 saturated carbocycles. The van der Waals surface area contributed by atoms with Crippen LogP contribution < -0.4 is 5.43 Å². The molecular formula is C24H21N5O2S. The zero-order valence-corrected chi connectivity index (χ0v) is 18.2. The van der Waals surface area contributed by atoms with Crippen molar-refractivity contribution in [1.29, 1.82) is 0 Å². The molecular weight excluding hydrogens is 422 g/mol. The number of hydrogen-bond donors (Lipinski definition) is 1. The van der Waals surface area contributed by atoms with E-state index >= 15 is 0 Å². The fourth-order valence-electron chi connectivity index (χ4n) is 2.94. The largest absolute Gasteiger partial charge is 0.461 e. The molecule has 0 amide bonds. The molecule has 0 bridgehead atoms. The first kappa shape index (κ1) is 21.3. The second-order valence-electron chi connectivity index (χ2n) is 6.56. The van der Waals surface area contributed by atoms with E-state index in [0.717, 1.165) is 28.7 Å². The fourth-order valence-corrected chi connectivity index (χ4v) is 3.71. The quantitative estimate of drug-likeness (QED) is 0.148. The van der Waals surface area contributed by atoms with Crippen LogP contribution in [0.3, 0.4) is 0 Å². The first-order valence-corrected chi connectivity index (χ1v) is 10.9. The number of carbonyl (C=O) groups excluding carboxylic acids is 1. The molecule has 8 heteroatoms. The SMILES string of the molecule is CCOC(=O)/C(=N\Nc1ccccc1)Sc1nnc(-c2ccccc2)n1-c1ccccc1. The van der Waals surface area contributed by atoms with E-state index in [-0.39, 0.29) is 11.7 Å². The van der Waals surface area contributed by atoms with Gasteiger partial charge in [-0.15, -0.1) is 10.2 Å². The first-order valence-electron chi connectivity index (χ1n) is 10.1. The predicted molar refractivity (Wildman–Crippen MR) is 127 cm³/mol. The Morgan fingerprint density at radius 1 is 0.938 bits per heavy atom. The zero-order valence-electron chi connectivity index (χ0n) is 17.4. The third-order valence-electron chi connectivity index (χ3n) is 4.38. The molecule has 0 aliphatic carbocycles. The minimum atomic E-state index is -0.537. The highest BCUT2D eigenvalue weighted by molar-refractivity contribution is 8.15. The standard InChI is InChI=1S/C24H21N5O2S/c1-2-31-23(30)22(27-25-19-14-8-4-9-15-19)32-24-28-26-21(18-12-6-3-7-13-18)29(24)20-16-10-5-11-17-20/h3-17,25H,2H2,1H3/b27-22+. The van der Waals surface area contributed by atoms with Gasteiger partial charge in [0.15, 0.2) is 5.82 Å². The lowest BCUT2D eigenvalue weighted by Gasteiger charge is -2.11. The predicted octanol–water partition coefficient (Wildman–Crippen LogP) is 5.02. The Balaban J connectivity index is 1.73. The van der Waals surface area contributed by atoms with Crippen molar-refractivity contribution in [3.8, 4) is 17.1 Å². The van der Waals surface area contributed by atoms with Crippen molar-refractivity contribution in [2.24, 2.45) is 5.10 Å². The molecule has 4 aromatic rings. The van der Waals surface area contributed by atoms with Crippen LogP contribution in [-0.2, 0) is 9.53 Å². The van der Waals surface area contributed by atoms with Crippen molar-refractivity contribution in [3.63, 3.8) is 0 Å². The summed E-state index contributed by atoms with van der Waals surface area (Å²) in [5, 5.41) is 13.7. The Labute approximate surface area is 190 Å². The van der Waals surface area contributed by atoms with Crippen LogP contribution >= 0.6 is 11.8 Å². The molecule has 3 aromatic carbocycles. The van der Waals surface area contributed by atoms with E-state index in [1.807, 2.05) is 95.6 Å². The first-order chi connectivity index (χ1) is 15.8. The van der Waals surface area contributed by atoms with Gasteiger partial charge in [0, 0.05) is 11.3 Å². The van der Waals surface area contributed by atoms with E-state index < -0.39 is 5.97 Å². The van der Waals surface area contributed by atoms with Gasteiger partial charge in [0.1, 0.15) is 0 Å². The average Bonchev–Trinajstić information content (AvgIpc) is 3.27. The number of hydrogen-bond acceptors (Lipinski definition) is 7. The molecule has 0 unspecified atom stereocenters. The topological polar surface area (TPSA) is 81.4 Å². The van der Waals surface area contributed by atoms with Gasteiger partial charge in [-0.25, -0.2) is 4.79 Å². The van der Waals surface area contributed by atoms with Crippen molar-refractivity contribution < 1.29 is 9.53 Å². The van der Waals surface area contributed by atoms with E-state index in [0.29, 0.717) is 11.0 Å². The summed E-state index contributed by atoms with van der Waals surface area (Å²) in [5.41, 5.74) is 5.45. The van der Waals surface area contributed by atoms with Crippen LogP contribution in [0.4, 0.5) is 5.69 Å². The minimum Gasteiger partial charge on any atom is -0.461 e. The smallest absolute Gasteiger partial charge is 0.365 e. The van der Waals surface area contributed by atoms with Crippen molar-refractivity contribution >= 4 is 28.5 Å². The molecule has 0 saturated heterocycles. The number of thioether (sulfide) groups is 1. The summed E-state index contributed by atoms with van der Waals surface area (Å²) in [4.78, 5) is 12.6. The summed E-state index contributed by atoms with van der Waals surface area (Å²) in [6, 6.07) is 28.9. The highest BCUT2D eigenvalue weighted by Crippen LogP contribution is 2.29. The molecule has 0 aliphatic heterocycles. The summed E-state index contributed by atoms with van der Waals surface area (Å²) < 4.78 is 7.11. The molecule has 32 heavy (non-hydrogen) atoms. The van der Waals surface area contributed by atoms with Crippen LogP contribution in [0, 0.1) is 0 Å². The van der Waals surface area contributed by atoms with Crippen LogP contribution in [0.25, 0.3) is 17.1 Å². The molecule has 0 atom stereocenters. The fraction of sp³-hybridized carbons (Fsp3) is 0.0833. The summed E-state index contributed by atoms with van der Waals surface area (Å²) in [6.07, 6.45) is 0. The lowest BCUT2D eigenvalue weighted by Crippen LogP contribution is -2.17. The lowest BCUT2D eigenvalue weighted by atomic mass is 10.2. The Kier molecular flexibility index (Phi) is 6.94. The van der Waals surface area contributed by atoms with Gasteiger partial charge in [0.05, 0.1) is 12.3 Å². The second-order valence-corrected chi connectivity index (χ2v) is 7.52. The van der Waals surface area contributed by atoms with E-state index in [4.69, 9.17) is 4.74 Å². The number of anilines is 1. The number of carbonyl (C=O) groups is 1. The lowest BCUT2D eigenvalue weighted by molar-refractivity contribution is -0.134. The third kappa shape index (κ3) is 5.04. The summed E-state index contributed by atoms with van der Waals surface area (Å²) in [5.74, 6) is 0.128. The maximum Gasteiger partial charge on any atom is 0.365 e. The maximum atomic E-state index is 12.6. The number of nitrogens with zero attached hydrogens (tertiary/aromatic N) is 4.